The Labute approximate surface area is 81.0 Å². The molecule has 0 aliphatic heterocycles. The molecule has 0 bridgehead atoms. The molecule has 2 N–H and O–H groups in total. The number of rotatable bonds is 3. The summed E-state index contributed by atoms with van der Waals surface area (Å²) in [6.07, 6.45) is 1.69. The molecule has 1 aromatic rings. The Morgan fingerprint density at radius 2 is 2.07 bits per heavy atom. The summed E-state index contributed by atoms with van der Waals surface area (Å²) in [7, 11) is 1.47. The first-order chi connectivity index (χ1) is 6.57. The first-order valence-electron chi connectivity index (χ1n) is 4.51. The lowest BCUT2D eigenvalue weighted by molar-refractivity contribution is 0.527. The molecule has 6 nitrogen and oxygen atoms in total. The second kappa shape index (κ2) is 4.08. The van der Waals surface area contributed by atoms with E-state index in [4.69, 9.17) is 5.73 Å². The molecule has 0 fully saturated rings. The van der Waals surface area contributed by atoms with Crippen molar-refractivity contribution in [3.63, 3.8) is 0 Å². The zero-order valence-corrected chi connectivity index (χ0v) is 8.36. The van der Waals surface area contributed by atoms with Crippen LogP contribution in [0.4, 0.5) is 5.82 Å². The molecular weight excluding hydrogens is 184 g/mol. The quantitative estimate of drug-likeness (QED) is 0.697. The van der Waals surface area contributed by atoms with Gasteiger partial charge in [0.05, 0.1) is 0 Å². The number of unbranched alkanes of at least 4 members (excludes halogenated alkanes) is 1. The maximum Gasteiger partial charge on any atom is 0.347 e. The van der Waals surface area contributed by atoms with Crippen LogP contribution in [0.15, 0.2) is 9.59 Å². The molecular formula is C8H14N4O2. The number of anilines is 1. The van der Waals surface area contributed by atoms with Crippen LogP contribution in [0.5, 0.6) is 0 Å². The standard InChI is InChI=1S/C8H14N4O2/c1-3-4-5-12-7(13)6(9)10-11(2)8(12)14/h3-5H2,1-2H3,(H2,9,10). The van der Waals surface area contributed by atoms with E-state index in [1.54, 1.807) is 0 Å². The van der Waals surface area contributed by atoms with Crippen LogP contribution < -0.4 is 17.0 Å². The largest absolute Gasteiger partial charge is 0.378 e. The number of aryl methyl sites for hydroxylation is 1. The van der Waals surface area contributed by atoms with Crippen LogP contribution in [0.3, 0.4) is 0 Å². The summed E-state index contributed by atoms with van der Waals surface area (Å²) in [6, 6.07) is 0. The van der Waals surface area contributed by atoms with Crippen LogP contribution >= 0.6 is 0 Å². The maximum atomic E-state index is 11.5. The Morgan fingerprint density at radius 1 is 1.43 bits per heavy atom. The van der Waals surface area contributed by atoms with Gasteiger partial charge in [-0.15, -0.1) is 5.10 Å². The van der Waals surface area contributed by atoms with E-state index in [1.165, 1.54) is 7.05 Å². The number of nitrogens with zero attached hydrogens (tertiary/aromatic N) is 3. The van der Waals surface area contributed by atoms with E-state index >= 15 is 0 Å². The van der Waals surface area contributed by atoms with Crippen molar-refractivity contribution in [3.05, 3.63) is 20.8 Å². The molecule has 1 rings (SSSR count). The summed E-state index contributed by atoms with van der Waals surface area (Å²) < 4.78 is 2.19. The highest BCUT2D eigenvalue weighted by molar-refractivity contribution is 5.20. The van der Waals surface area contributed by atoms with Gasteiger partial charge in [0.1, 0.15) is 0 Å². The lowest BCUT2D eigenvalue weighted by Crippen LogP contribution is -2.41. The van der Waals surface area contributed by atoms with Gasteiger partial charge in [-0.25, -0.2) is 9.48 Å². The van der Waals surface area contributed by atoms with Crippen molar-refractivity contribution in [2.75, 3.05) is 5.73 Å². The molecule has 0 aromatic carbocycles. The van der Waals surface area contributed by atoms with Crippen molar-refractivity contribution in [1.82, 2.24) is 14.3 Å². The predicted octanol–water partition coefficient (Wildman–Crippen LogP) is -0.676. The summed E-state index contributed by atoms with van der Waals surface area (Å²) in [4.78, 5) is 22.9. The maximum absolute atomic E-state index is 11.5. The van der Waals surface area contributed by atoms with E-state index < -0.39 is 11.2 Å². The van der Waals surface area contributed by atoms with Crippen molar-refractivity contribution >= 4 is 5.82 Å². The molecule has 14 heavy (non-hydrogen) atoms. The van der Waals surface area contributed by atoms with Gasteiger partial charge >= 0.3 is 5.69 Å². The second-order valence-electron chi connectivity index (χ2n) is 3.10. The predicted molar refractivity (Wildman–Crippen MR) is 53.1 cm³/mol. The van der Waals surface area contributed by atoms with Crippen LogP contribution in [0.2, 0.25) is 0 Å². The van der Waals surface area contributed by atoms with Gasteiger partial charge in [-0.05, 0) is 6.42 Å². The molecule has 0 amide bonds. The molecule has 78 valence electrons. The van der Waals surface area contributed by atoms with Crippen molar-refractivity contribution in [2.24, 2.45) is 7.05 Å². The molecule has 0 atom stereocenters. The van der Waals surface area contributed by atoms with Gasteiger partial charge in [0.25, 0.3) is 5.56 Å². The average molecular weight is 198 g/mol. The van der Waals surface area contributed by atoms with E-state index in [0.29, 0.717) is 6.54 Å². The number of nitrogen functional groups attached to an aromatic ring is 1. The van der Waals surface area contributed by atoms with E-state index in [2.05, 4.69) is 5.10 Å². The summed E-state index contributed by atoms with van der Waals surface area (Å²) in [6.45, 7) is 2.38. The smallest absolute Gasteiger partial charge is 0.347 e. The van der Waals surface area contributed by atoms with Gasteiger partial charge in [-0.1, -0.05) is 13.3 Å². The van der Waals surface area contributed by atoms with Gasteiger partial charge in [-0.3, -0.25) is 9.36 Å². The fourth-order valence-corrected chi connectivity index (χ4v) is 1.16. The van der Waals surface area contributed by atoms with E-state index in [-0.39, 0.29) is 5.82 Å². The van der Waals surface area contributed by atoms with Crippen LogP contribution in [-0.4, -0.2) is 14.3 Å². The lowest BCUT2D eigenvalue weighted by Gasteiger charge is -2.05. The monoisotopic (exact) mass is 198 g/mol. The third kappa shape index (κ3) is 1.84. The Hall–Kier alpha value is -1.59. The average Bonchev–Trinajstić information content (AvgIpc) is 2.15. The minimum Gasteiger partial charge on any atom is -0.378 e. The number of hydrogen-bond acceptors (Lipinski definition) is 4. The molecule has 0 spiro atoms. The highest BCUT2D eigenvalue weighted by atomic mass is 16.2. The number of aromatic nitrogens is 3. The van der Waals surface area contributed by atoms with Gasteiger partial charge in [0.15, 0.2) is 0 Å². The minimum atomic E-state index is -0.499. The lowest BCUT2D eigenvalue weighted by atomic mass is 10.3. The van der Waals surface area contributed by atoms with E-state index in [9.17, 15) is 9.59 Å². The normalized spacial score (nSPS) is 10.4. The van der Waals surface area contributed by atoms with Crippen molar-refractivity contribution in [2.45, 2.75) is 26.3 Å². The third-order valence-electron chi connectivity index (χ3n) is 1.97. The summed E-state index contributed by atoms with van der Waals surface area (Å²) in [5.41, 5.74) is 4.44. The van der Waals surface area contributed by atoms with Crippen molar-refractivity contribution in [1.29, 1.82) is 0 Å². The molecule has 0 saturated heterocycles. The molecule has 0 aliphatic rings. The first-order valence-corrected chi connectivity index (χ1v) is 4.51. The highest BCUT2D eigenvalue weighted by Crippen LogP contribution is 1.89. The zero-order chi connectivity index (χ0) is 10.7. The van der Waals surface area contributed by atoms with Gasteiger partial charge in [-0.2, -0.15) is 0 Å². The Morgan fingerprint density at radius 3 is 2.64 bits per heavy atom. The minimum absolute atomic E-state index is 0.136. The second-order valence-corrected chi connectivity index (χ2v) is 3.10. The molecule has 0 radical (unpaired) electrons. The molecule has 1 aromatic heterocycles. The molecule has 0 unspecified atom stereocenters. The molecule has 0 saturated carbocycles. The summed E-state index contributed by atoms with van der Waals surface area (Å²) >= 11 is 0. The molecule has 1 heterocycles. The molecule has 6 heteroatoms. The Kier molecular flexibility index (Phi) is 3.06. The van der Waals surface area contributed by atoms with Gasteiger partial charge < -0.3 is 5.73 Å². The van der Waals surface area contributed by atoms with Gasteiger partial charge in [0.2, 0.25) is 5.82 Å². The first kappa shape index (κ1) is 10.5. The Bertz CT molecular complexity index is 398. The topological polar surface area (TPSA) is 82.9 Å². The number of nitrogens with two attached hydrogens (primary N) is 1. The zero-order valence-electron chi connectivity index (χ0n) is 8.36. The number of hydrogen-bond donors (Lipinski definition) is 1. The summed E-state index contributed by atoms with van der Waals surface area (Å²) in [5.74, 6) is -0.136. The van der Waals surface area contributed by atoms with Crippen LogP contribution in [0.25, 0.3) is 0 Å². The fraction of sp³-hybridized carbons (Fsp3) is 0.625. The highest BCUT2D eigenvalue weighted by Gasteiger charge is 2.07. The molecule has 0 aliphatic carbocycles. The van der Waals surface area contributed by atoms with Crippen LogP contribution in [-0.2, 0) is 13.6 Å². The summed E-state index contributed by atoms with van der Waals surface area (Å²) in [5, 5.41) is 3.59. The fourth-order valence-electron chi connectivity index (χ4n) is 1.16. The van der Waals surface area contributed by atoms with E-state index in [1.807, 2.05) is 6.92 Å². The van der Waals surface area contributed by atoms with Crippen molar-refractivity contribution in [3.8, 4) is 0 Å². The van der Waals surface area contributed by atoms with Crippen LogP contribution in [0, 0.1) is 0 Å². The van der Waals surface area contributed by atoms with E-state index in [0.717, 1.165) is 22.1 Å². The van der Waals surface area contributed by atoms with Crippen molar-refractivity contribution < 1.29 is 0 Å². The SMILES string of the molecule is CCCCn1c(=O)c(N)nn(C)c1=O. The van der Waals surface area contributed by atoms with Crippen LogP contribution in [0.1, 0.15) is 19.8 Å². The Balaban J connectivity index is 3.26. The third-order valence-corrected chi connectivity index (χ3v) is 1.97. The van der Waals surface area contributed by atoms with Gasteiger partial charge in [0, 0.05) is 13.6 Å².